The van der Waals surface area contributed by atoms with Gasteiger partial charge >= 0.3 is 0 Å². The summed E-state index contributed by atoms with van der Waals surface area (Å²) >= 11 is 12.0. The van der Waals surface area contributed by atoms with Crippen LogP contribution in [-0.4, -0.2) is 30.9 Å². The average molecular weight is 369 g/mol. The predicted molar refractivity (Wildman–Crippen MR) is 95.9 cm³/mol. The minimum atomic E-state index is -0.249. The zero-order chi connectivity index (χ0) is 17.5. The second-order valence-electron chi connectivity index (χ2n) is 5.60. The molecule has 24 heavy (non-hydrogen) atoms. The van der Waals surface area contributed by atoms with Gasteiger partial charge in [0.05, 0.1) is 6.54 Å². The lowest BCUT2D eigenvalue weighted by atomic mass is 10.1. The molecule has 1 N–H and O–H groups in total. The van der Waals surface area contributed by atoms with Gasteiger partial charge in [-0.3, -0.25) is 9.69 Å². The van der Waals surface area contributed by atoms with Crippen LogP contribution in [-0.2, 0) is 17.8 Å². The van der Waals surface area contributed by atoms with Crippen LogP contribution < -0.4 is 5.32 Å². The van der Waals surface area contributed by atoms with E-state index in [1.807, 2.05) is 18.0 Å². The molecular formula is C18H19Cl2FN2O. The Morgan fingerprint density at radius 1 is 1.17 bits per heavy atom. The number of amides is 1. The average Bonchev–Trinajstić information content (AvgIpc) is 2.52. The van der Waals surface area contributed by atoms with E-state index in [9.17, 15) is 9.18 Å². The van der Waals surface area contributed by atoms with Crippen molar-refractivity contribution in [1.29, 1.82) is 0 Å². The van der Waals surface area contributed by atoms with E-state index in [4.69, 9.17) is 23.2 Å². The lowest BCUT2D eigenvalue weighted by Gasteiger charge is -2.17. The van der Waals surface area contributed by atoms with Gasteiger partial charge in [0.25, 0.3) is 0 Å². The summed E-state index contributed by atoms with van der Waals surface area (Å²) in [4.78, 5) is 13.8. The van der Waals surface area contributed by atoms with E-state index in [0.29, 0.717) is 35.1 Å². The van der Waals surface area contributed by atoms with Gasteiger partial charge in [-0.2, -0.15) is 0 Å². The van der Waals surface area contributed by atoms with E-state index in [1.165, 1.54) is 6.07 Å². The highest BCUT2D eigenvalue weighted by Crippen LogP contribution is 2.21. The Morgan fingerprint density at radius 2 is 1.92 bits per heavy atom. The first-order valence-electron chi connectivity index (χ1n) is 7.58. The Morgan fingerprint density at radius 3 is 2.62 bits per heavy atom. The molecule has 0 aliphatic carbocycles. The van der Waals surface area contributed by atoms with Crippen LogP contribution in [0.1, 0.15) is 11.1 Å². The van der Waals surface area contributed by atoms with Crippen molar-refractivity contribution in [3.05, 3.63) is 69.5 Å². The number of nitrogens with one attached hydrogen (secondary N) is 1. The molecule has 6 heteroatoms. The maximum atomic E-state index is 13.5. The number of nitrogens with zero attached hydrogens (tertiary/aromatic N) is 1. The van der Waals surface area contributed by atoms with Crippen LogP contribution in [0.15, 0.2) is 42.5 Å². The van der Waals surface area contributed by atoms with E-state index >= 15 is 0 Å². The maximum absolute atomic E-state index is 13.5. The van der Waals surface area contributed by atoms with Crippen LogP contribution >= 0.6 is 23.2 Å². The van der Waals surface area contributed by atoms with Gasteiger partial charge in [-0.15, -0.1) is 0 Å². The number of carbonyl (C=O) groups excluding carboxylic acids is 1. The zero-order valence-corrected chi connectivity index (χ0v) is 14.9. The Labute approximate surface area is 151 Å². The molecule has 0 fully saturated rings. The van der Waals surface area contributed by atoms with Crippen LogP contribution in [0.4, 0.5) is 4.39 Å². The van der Waals surface area contributed by atoms with Gasteiger partial charge in [0.1, 0.15) is 5.82 Å². The molecule has 1 amide bonds. The highest BCUT2D eigenvalue weighted by molar-refractivity contribution is 6.35. The van der Waals surface area contributed by atoms with E-state index in [-0.39, 0.29) is 18.3 Å². The monoisotopic (exact) mass is 368 g/mol. The van der Waals surface area contributed by atoms with Gasteiger partial charge in [-0.25, -0.2) is 4.39 Å². The van der Waals surface area contributed by atoms with Crippen LogP contribution in [0.5, 0.6) is 0 Å². The summed E-state index contributed by atoms with van der Waals surface area (Å²) in [5.41, 5.74) is 1.50. The van der Waals surface area contributed by atoms with Crippen molar-refractivity contribution in [2.24, 2.45) is 0 Å². The fraction of sp³-hybridized carbons (Fsp3) is 0.278. The molecule has 2 aromatic carbocycles. The van der Waals surface area contributed by atoms with E-state index in [1.54, 1.807) is 30.3 Å². The summed E-state index contributed by atoms with van der Waals surface area (Å²) in [5.74, 6) is -0.361. The van der Waals surface area contributed by atoms with Crippen molar-refractivity contribution in [3.8, 4) is 0 Å². The summed E-state index contributed by atoms with van der Waals surface area (Å²) in [6.45, 7) is 1.17. The number of rotatable bonds is 7. The Hall–Kier alpha value is -1.62. The predicted octanol–water partition coefficient (Wildman–Crippen LogP) is 3.92. The van der Waals surface area contributed by atoms with E-state index in [0.717, 1.165) is 5.56 Å². The van der Waals surface area contributed by atoms with Crippen molar-refractivity contribution < 1.29 is 9.18 Å². The summed E-state index contributed by atoms with van der Waals surface area (Å²) in [6.07, 6.45) is 0.463. The quantitative estimate of drug-likeness (QED) is 0.802. The first kappa shape index (κ1) is 18.7. The second kappa shape index (κ2) is 9.02. The fourth-order valence-electron chi connectivity index (χ4n) is 2.34. The number of halogens is 3. The van der Waals surface area contributed by atoms with Gasteiger partial charge in [-0.05, 0) is 42.8 Å². The SMILES string of the molecule is CN(CC(=O)NCCc1ccccc1F)Cc1ccc(Cl)cc1Cl. The summed E-state index contributed by atoms with van der Waals surface area (Å²) < 4.78 is 13.5. The number of benzene rings is 2. The molecule has 0 saturated carbocycles. The highest BCUT2D eigenvalue weighted by atomic mass is 35.5. The molecule has 0 saturated heterocycles. The summed E-state index contributed by atoms with van der Waals surface area (Å²) in [7, 11) is 1.83. The van der Waals surface area contributed by atoms with E-state index in [2.05, 4.69) is 5.32 Å². The molecule has 128 valence electrons. The highest BCUT2D eigenvalue weighted by Gasteiger charge is 2.09. The standard InChI is InChI=1S/C18H19Cl2FN2O/c1-23(11-14-6-7-15(19)10-16(14)20)12-18(24)22-9-8-13-4-2-3-5-17(13)21/h2-7,10H,8-9,11-12H2,1H3,(H,22,24). The Balaban J connectivity index is 1.76. The largest absolute Gasteiger partial charge is 0.355 e. The number of hydrogen-bond acceptors (Lipinski definition) is 2. The number of carbonyl (C=O) groups is 1. The fourth-order valence-corrected chi connectivity index (χ4v) is 2.80. The topological polar surface area (TPSA) is 32.3 Å². The minimum Gasteiger partial charge on any atom is -0.355 e. The lowest BCUT2D eigenvalue weighted by molar-refractivity contribution is -0.122. The third kappa shape index (κ3) is 5.78. The van der Waals surface area contributed by atoms with Crippen molar-refractivity contribution in [2.45, 2.75) is 13.0 Å². The molecule has 2 aromatic rings. The molecule has 0 aromatic heterocycles. The molecule has 0 aliphatic rings. The lowest BCUT2D eigenvalue weighted by Crippen LogP contribution is -2.35. The molecule has 0 radical (unpaired) electrons. The van der Waals surface area contributed by atoms with Gasteiger partial charge in [0, 0.05) is 23.1 Å². The van der Waals surface area contributed by atoms with Crippen molar-refractivity contribution in [3.63, 3.8) is 0 Å². The molecular weight excluding hydrogens is 350 g/mol. The van der Waals surface area contributed by atoms with Crippen molar-refractivity contribution in [2.75, 3.05) is 20.1 Å². The number of hydrogen-bond donors (Lipinski definition) is 1. The molecule has 3 nitrogen and oxygen atoms in total. The zero-order valence-electron chi connectivity index (χ0n) is 13.4. The molecule has 0 bridgehead atoms. The molecule has 0 atom stereocenters. The smallest absolute Gasteiger partial charge is 0.234 e. The van der Waals surface area contributed by atoms with E-state index < -0.39 is 0 Å². The van der Waals surface area contributed by atoms with Crippen molar-refractivity contribution in [1.82, 2.24) is 10.2 Å². The molecule has 0 unspecified atom stereocenters. The first-order chi connectivity index (χ1) is 11.5. The van der Waals surface area contributed by atoms with Gasteiger partial charge in [0.2, 0.25) is 5.91 Å². The minimum absolute atomic E-state index is 0.112. The molecule has 0 heterocycles. The van der Waals surface area contributed by atoms with Gasteiger partial charge in [0.15, 0.2) is 0 Å². The van der Waals surface area contributed by atoms with Crippen LogP contribution in [0.25, 0.3) is 0 Å². The summed E-state index contributed by atoms with van der Waals surface area (Å²) in [6, 6.07) is 11.9. The van der Waals surface area contributed by atoms with Crippen LogP contribution in [0, 0.1) is 5.82 Å². The molecule has 0 spiro atoms. The van der Waals surface area contributed by atoms with Gasteiger partial charge in [-0.1, -0.05) is 47.5 Å². The second-order valence-corrected chi connectivity index (χ2v) is 6.44. The first-order valence-corrected chi connectivity index (χ1v) is 8.34. The van der Waals surface area contributed by atoms with Gasteiger partial charge < -0.3 is 5.32 Å². The Kier molecular flexibility index (Phi) is 7.03. The van der Waals surface area contributed by atoms with Crippen LogP contribution in [0.2, 0.25) is 10.0 Å². The van der Waals surface area contributed by atoms with Crippen molar-refractivity contribution >= 4 is 29.1 Å². The number of likely N-dealkylation sites (N-methyl/N-ethyl adjacent to an activating group) is 1. The normalized spacial score (nSPS) is 10.9. The third-order valence-corrected chi connectivity index (χ3v) is 4.13. The third-order valence-electron chi connectivity index (χ3n) is 3.54. The molecule has 2 rings (SSSR count). The summed E-state index contributed by atoms with van der Waals surface area (Å²) in [5, 5.41) is 3.96. The van der Waals surface area contributed by atoms with Crippen LogP contribution in [0.3, 0.4) is 0 Å². The Bertz CT molecular complexity index is 709. The molecule has 0 aliphatic heterocycles. The maximum Gasteiger partial charge on any atom is 0.234 e.